The lowest BCUT2D eigenvalue weighted by Crippen LogP contribution is -2.31. The summed E-state index contributed by atoms with van der Waals surface area (Å²) in [4.78, 5) is 22.4. The van der Waals surface area contributed by atoms with E-state index in [1.54, 1.807) is 0 Å². The van der Waals surface area contributed by atoms with Crippen LogP contribution in [0, 0.1) is 10.1 Å². The van der Waals surface area contributed by atoms with Crippen LogP contribution < -0.4 is 9.47 Å². The Balaban J connectivity index is 1.96. The van der Waals surface area contributed by atoms with Crippen molar-refractivity contribution in [1.82, 2.24) is 4.31 Å². The number of benzene rings is 2. The topological polar surface area (TPSA) is 116 Å². The van der Waals surface area contributed by atoms with Crippen molar-refractivity contribution in [3.63, 3.8) is 0 Å². The fraction of sp³-hybridized carbons (Fsp3) is 0.381. The molecule has 2 aromatic rings. The number of methoxy groups -OCH3 is 1. The first-order valence-corrected chi connectivity index (χ1v) is 11.3. The molecule has 0 N–H and O–H groups in total. The number of nitrogens with zero attached hydrogens (tertiary/aromatic N) is 2. The second-order valence-electron chi connectivity index (χ2n) is 7.23. The predicted octanol–water partition coefficient (Wildman–Crippen LogP) is 4.16. The second kappa shape index (κ2) is 9.44. The molecule has 0 spiro atoms. The smallest absolute Gasteiger partial charge is 0.312 e. The van der Waals surface area contributed by atoms with Crippen molar-refractivity contribution in [3.8, 4) is 17.2 Å². The number of rotatable bonds is 7. The lowest BCUT2D eigenvalue weighted by atomic mass is 10.1. The first kappa shape index (κ1) is 22.7. The molecule has 10 heteroatoms. The zero-order valence-electron chi connectivity index (χ0n) is 17.4. The van der Waals surface area contributed by atoms with Gasteiger partial charge in [0.15, 0.2) is 17.3 Å². The number of carbonyl (C=O) groups excluding carboxylic acids is 1. The molecule has 166 valence electrons. The Morgan fingerprint density at radius 1 is 1.00 bits per heavy atom. The fourth-order valence-corrected chi connectivity index (χ4v) is 4.94. The molecule has 0 aromatic heterocycles. The summed E-state index contributed by atoms with van der Waals surface area (Å²) in [7, 11) is -2.46. The summed E-state index contributed by atoms with van der Waals surface area (Å²) < 4.78 is 38.3. The Labute approximate surface area is 180 Å². The van der Waals surface area contributed by atoms with Crippen LogP contribution in [0.3, 0.4) is 0 Å². The maximum absolute atomic E-state index is 13.0. The minimum absolute atomic E-state index is 0.131. The average molecular weight is 448 g/mol. The molecular formula is C21H24N2O7S. The predicted molar refractivity (Wildman–Crippen MR) is 113 cm³/mol. The number of ether oxygens (including phenoxy) is 2. The number of hydrogen-bond acceptors (Lipinski definition) is 7. The Hall–Kier alpha value is -2.98. The third-order valence-electron chi connectivity index (χ3n) is 5.12. The van der Waals surface area contributed by atoms with Crippen LogP contribution in [0.2, 0.25) is 0 Å². The van der Waals surface area contributed by atoms with Crippen molar-refractivity contribution in [2.75, 3.05) is 20.2 Å². The Kier molecular flexibility index (Phi) is 6.91. The molecule has 1 aliphatic heterocycles. The van der Waals surface area contributed by atoms with Gasteiger partial charge in [0.1, 0.15) is 0 Å². The van der Waals surface area contributed by atoms with Crippen LogP contribution in [-0.2, 0) is 10.0 Å². The first-order chi connectivity index (χ1) is 14.7. The van der Waals surface area contributed by atoms with Crippen LogP contribution >= 0.6 is 0 Å². The Morgan fingerprint density at radius 3 is 2.23 bits per heavy atom. The summed E-state index contributed by atoms with van der Waals surface area (Å²) in [5, 5.41) is 11.7. The number of Topliss-reactive ketones (excluding diaryl/α,β-unsaturated/α-hetero) is 1. The van der Waals surface area contributed by atoms with Gasteiger partial charge in [0.05, 0.1) is 16.9 Å². The van der Waals surface area contributed by atoms with E-state index in [1.807, 2.05) is 0 Å². The standard InChI is InChI=1S/C21H24N2O7S/c1-15(24)16-7-9-20(21(13-16)29-2)30-19-10-8-17(14-18(19)23(25)26)31(27,28)22-11-5-3-4-6-12-22/h7-10,13-14H,3-6,11-12H2,1-2H3. The molecule has 0 unspecified atom stereocenters. The Bertz CT molecular complexity index is 1090. The molecule has 3 rings (SSSR count). The lowest BCUT2D eigenvalue weighted by molar-refractivity contribution is -0.385. The van der Waals surface area contributed by atoms with E-state index in [4.69, 9.17) is 9.47 Å². The zero-order chi connectivity index (χ0) is 22.6. The van der Waals surface area contributed by atoms with Gasteiger partial charge in [-0.3, -0.25) is 14.9 Å². The SMILES string of the molecule is COc1cc(C(C)=O)ccc1Oc1ccc(S(=O)(=O)N2CCCCCC2)cc1[N+](=O)[O-]. The number of hydrogen-bond donors (Lipinski definition) is 0. The van der Waals surface area contributed by atoms with E-state index in [-0.39, 0.29) is 27.9 Å². The molecule has 0 radical (unpaired) electrons. The highest BCUT2D eigenvalue weighted by Gasteiger charge is 2.29. The minimum atomic E-state index is -3.85. The molecule has 1 fully saturated rings. The van der Waals surface area contributed by atoms with E-state index in [1.165, 1.54) is 48.7 Å². The fourth-order valence-electron chi connectivity index (χ4n) is 3.41. The summed E-state index contributed by atoms with van der Waals surface area (Å²) in [5.74, 6) is 0.0922. The van der Waals surface area contributed by atoms with Gasteiger partial charge in [-0.2, -0.15) is 4.31 Å². The van der Waals surface area contributed by atoms with Gasteiger partial charge in [-0.1, -0.05) is 12.8 Å². The van der Waals surface area contributed by atoms with Crippen molar-refractivity contribution < 1.29 is 27.6 Å². The summed E-state index contributed by atoms with van der Waals surface area (Å²) in [6.45, 7) is 2.20. The van der Waals surface area contributed by atoms with Crippen LogP contribution in [0.5, 0.6) is 17.2 Å². The van der Waals surface area contributed by atoms with Gasteiger partial charge in [0.2, 0.25) is 15.8 Å². The molecule has 0 atom stereocenters. The van der Waals surface area contributed by atoms with Crippen LogP contribution in [-0.4, -0.2) is 43.6 Å². The molecule has 0 aliphatic carbocycles. The van der Waals surface area contributed by atoms with Crippen molar-refractivity contribution in [1.29, 1.82) is 0 Å². The molecular weight excluding hydrogens is 424 g/mol. The molecule has 31 heavy (non-hydrogen) atoms. The molecule has 0 bridgehead atoms. The maximum Gasteiger partial charge on any atom is 0.312 e. The van der Waals surface area contributed by atoms with Crippen LogP contribution in [0.25, 0.3) is 0 Å². The zero-order valence-corrected chi connectivity index (χ0v) is 18.2. The normalized spacial score (nSPS) is 15.2. The van der Waals surface area contributed by atoms with E-state index < -0.39 is 20.6 Å². The highest BCUT2D eigenvalue weighted by molar-refractivity contribution is 7.89. The van der Waals surface area contributed by atoms with E-state index >= 15 is 0 Å². The first-order valence-electron chi connectivity index (χ1n) is 9.89. The van der Waals surface area contributed by atoms with Gasteiger partial charge >= 0.3 is 5.69 Å². The van der Waals surface area contributed by atoms with Crippen molar-refractivity contribution in [3.05, 3.63) is 52.1 Å². The number of nitro benzene ring substituents is 1. The molecule has 1 heterocycles. The third kappa shape index (κ3) is 5.02. The van der Waals surface area contributed by atoms with Gasteiger partial charge in [-0.15, -0.1) is 0 Å². The summed E-state index contributed by atoms with van der Waals surface area (Å²) >= 11 is 0. The second-order valence-corrected chi connectivity index (χ2v) is 9.17. The summed E-state index contributed by atoms with van der Waals surface area (Å²) in [6.07, 6.45) is 3.45. The molecule has 1 saturated heterocycles. The van der Waals surface area contributed by atoms with Gasteiger partial charge < -0.3 is 9.47 Å². The number of ketones is 1. The highest BCUT2D eigenvalue weighted by atomic mass is 32.2. The van der Waals surface area contributed by atoms with Crippen LogP contribution in [0.1, 0.15) is 43.0 Å². The van der Waals surface area contributed by atoms with Gasteiger partial charge in [0.25, 0.3) is 0 Å². The number of sulfonamides is 1. The van der Waals surface area contributed by atoms with Crippen molar-refractivity contribution in [2.45, 2.75) is 37.5 Å². The van der Waals surface area contributed by atoms with Crippen LogP contribution in [0.4, 0.5) is 5.69 Å². The van der Waals surface area contributed by atoms with Crippen molar-refractivity contribution >= 4 is 21.5 Å². The van der Waals surface area contributed by atoms with E-state index in [0.717, 1.165) is 31.7 Å². The number of nitro groups is 1. The number of carbonyl (C=O) groups is 1. The van der Waals surface area contributed by atoms with E-state index in [9.17, 15) is 23.3 Å². The molecule has 0 saturated carbocycles. The molecule has 9 nitrogen and oxygen atoms in total. The molecule has 0 amide bonds. The largest absolute Gasteiger partial charge is 0.493 e. The van der Waals surface area contributed by atoms with Gasteiger partial charge in [-0.25, -0.2) is 8.42 Å². The average Bonchev–Trinajstić information content (AvgIpc) is 3.04. The maximum atomic E-state index is 13.0. The van der Waals surface area contributed by atoms with Crippen molar-refractivity contribution in [2.24, 2.45) is 0 Å². The highest BCUT2D eigenvalue weighted by Crippen LogP contribution is 2.38. The molecule has 2 aromatic carbocycles. The monoisotopic (exact) mass is 448 g/mol. The summed E-state index contributed by atoms with van der Waals surface area (Å²) in [6, 6.07) is 8.05. The Morgan fingerprint density at radius 2 is 1.65 bits per heavy atom. The van der Waals surface area contributed by atoms with Gasteiger partial charge in [-0.05, 0) is 50.1 Å². The quantitative estimate of drug-likeness (QED) is 0.355. The minimum Gasteiger partial charge on any atom is -0.493 e. The lowest BCUT2D eigenvalue weighted by Gasteiger charge is -2.20. The summed E-state index contributed by atoms with van der Waals surface area (Å²) in [5.41, 5.74) is -0.0776. The molecule has 1 aliphatic rings. The van der Waals surface area contributed by atoms with E-state index in [0.29, 0.717) is 18.7 Å². The van der Waals surface area contributed by atoms with Crippen LogP contribution in [0.15, 0.2) is 41.3 Å². The van der Waals surface area contributed by atoms with E-state index in [2.05, 4.69) is 0 Å². The third-order valence-corrected chi connectivity index (χ3v) is 7.01. The van der Waals surface area contributed by atoms with Gasteiger partial charge in [0, 0.05) is 24.7 Å².